The molecule has 0 spiro atoms. The molecule has 3 aromatic rings. The average Bonchev–Trinajstić information content (AvgIpc) is 3.23. The number of nitrogens with one attached hydrogen (secondary N) is 2. The predicted molar refractivity (Wildman–Crippen MR) is 98.3 cm³/mol. The molecule has 2 aromatic carbocycles. The van der Waals surface area contributed by atoms with Crippen molar-refractivity contribution in [2.75, 3.05) is 13.7 Å². The minimum Gasteiger partial charge on any atom is -0.497 e. The Morgan fingerprint density at radius 3 is 2.46 bits per heavy atom. The van der Waals surface area contributed by atoms with Crippen molar-refractivity contribution in [1.29, 1.82) is 0 Å². The monoisotopic (exact) mass is 351 g/mol. The van der Waals surface area contributed by atoms with Gasteiger partial charge >= 0.3 is 0 Å². The highest BCUT2D eigenvalue weighted by Gasteiger charge is 2.32. The number of hydrogen-bond donors (Lipinski definition) is 2. The van der Waals surface area contributed by atoms with E-state index < -0.39 is 5.54 Å². The van der Waals surface area contributed by atoms with Gasteiger partial charge in [-0.3, -0.25) is 4.79 Å². The van der Waals surface area contributed by atoms with Crippen LogP contribution in [-0.4, -0.2) is 29.6 Å². The van der Waals surface area contributed by atoms with Crippen LogP contribution in [-0.2, 0) is 5.54 Å². The molecule has 2 N–H and O–H groups in total. The fraction of sp³-hybridized carbons (Fsp3) is 0.200. The molecule has 1 heterocycles. The lowest BCUT2D eigenvalue weighted by Gasteiger charge is -2.29. The van der Waals surface area contributed by atoms with Crippen molar-refractivity contribution in [3.8, 4) is 11.5 Å². The largest absolute Gasteiger partial charge is 0.497 e. The summed E-state index contributed by atoms with van der Waals surface area (Å²) in [5, 5.41) is 3.02. The lowest BCUT2D eigenvalue weighted by molar-refractivity contribution is 0.0856. The smallest absolute Gasteiger partial charge is 0.252 e. The van der Waals surface area contributed by atoms with E-state index in [0.29, 0.717) is 17.1 Å². The van der Waals surface area contributed by atoms with Crippen molar-refractivity contribution in [3.63, 3.8) is 0 Å². The zero-order valence-electron chi connectivity index (χ0n) is 14.7. The molecular weight excluding hydrogens is 330 g/mol. The third-order valence-corrected chi connectivity index (χ3v) is 4.03. The molecule has 6 nitrogen and oxygen atoms in total. The molecule has 1 amide bonds. The Hall–Kier alpha value is -3.28. The molecule has 0 saturated carbocycles. The molecule has 0 aliphatic heterocycles. The Balaban J connectivity index is 1.78. The number of amides is 1. The van der Waals surface area contributed by atoms with Crippen LogP contribution in [0.3, 0.4) is 0 Å². The fourth-order valence-corrected chi connectivity index (χ4v) is 2.54. The maximum Gasteiger partial charge on any atom is 0.252 e. The summed E-state index contributed by atoms with van der Waals surface area (Å²) in [5.74, 6) is 1.82. The Kier molecular flexibility index (Phi) is 5.22. The number of ether oxygens (including phenoxy) is 2. The molecule has 1 atom stereocenters. The fourth-order valence-electron chi connectivity index (χ4n) is 2.54. The minimum absolute atomic E-state index is 0.219. The highest BCUT2D eigenvalue weighted by atomic mass is 16.5. The number of benzene rings is 2. The molecule has 3 rings (SSSR count). The van der Waals surface area contributed by atoms with E-state index in [-0.39, 0.29) is 12.5 Å². The van der Waals surface area contributed by atoms with Crippen LogP contribution >= 0.6 is 0 Å². The first kappa shape index (κ1) is 17.5. The van der Waals surface area contributed by atoms with Gasteiger partial charge in [0.2, 0.25) is 0 Å². The number of aromatic nitrogens is 2. The third-order valence-electron chi connectivity index (χ3n) is 4.03. The number of para-hydroxylation sites is 1. The second-order valence-corrected chi connectivity index (χ2v) is 6.05. The van der Waals surface area contributed by atoms with Crippen LogP contribution < -0.4 is 14.8 Å². The molecule has 26 heavy (non-hydrogen) atoms. The normalized spacial score (nSPS) is 12.8. The number of H-pyrrole nitrogens is 1. The summed E-state index contributed by atoms with van der Waals surface area (Å²) in [4.78, 5) is 20.1. The van der Waals surface area contributed by atoms with Crippen LogP contribution in [0.4, 0.5) is 0 Å². The summed E-state index contributed by atoms with van der Waals surface area (Å²) in [6.07, 6.45) is 3.37. The van der Waals surface area contributed by atoms with Crippen molar-refractivity contribution in [2.45, 2.75) is 12.5 Å². The Morgan fingerprint density at radius 1 is 1.12 bits per heavy atom. The summed E-state index contributed by atoms with van der Waals surface area (Å²) >= 11 is 0. The minimum atomic E-state index is -0.823. The van der Waals surface area contributed by atoms with Crippen molar-refractivity contribution in [2.24, 2.45) is 0 Å². The summed E-state index contributed by atoms with van der Waals surface area (Å²) in [6, 6.07) is 16.4. The topological polar surface area (TPSA) is 76.2 Å². The van der Waals surface area contributed by atoms with Crippen LogP contribution in [0.2, 0.25) is 0 Å². The Morgan fingerprint density at radius 2 is 1.85 bits per heavy atom. The van der Waals surface area contributed by atoms with Gasteiger partial charge in [-0.25, -0.2) is 4.98 Å². The van der Waals surface area contributed by atoms with Crippen LogP contribution in [0.5, 0.6) is 11.5 Å². The van der Waals surface area contributed by atoms with E-state index in [0.717, 1.165) is 5.75 Å². The van der Waals surface area contributed by atoms with Gasteiger partial charge in [-0.15, -0.1) is 0 Å². The van der Waals surface area contributed by atoms with Crippen LogP contribution in [0.1, 0.15) is 23.1 Å². The molecule has 0 radical (unpaired) electrons. The van der Waals surface area contributed by atoms with Crippen LogP contribution in [0.25, 0.3) is 0 Å². The number of methoxy groups -OCH3 is 1. The van der Waals surface area contributed by atoms with Crippen molar-refractivity contribution >= 4 is 5.91 Å². The molecule has 0 aliphatic rings. The first-order valence-corrected chi connectivity index (χ1v) is 8.25. The number of imidazole rings is 1. The van der Waals surface area contributed by atoms with Gasteiger partial charge in [0.05, 0.1) is 7.11 Å². The molecule has 0 fully saturated rings. The van der Waals surface area contributed by atoms with E-state index in [4.69, 9.17) is 9.47 Å². The second kappa shape index (κ2) is 7.74. The third kappa shape index (κ3) is 4.03. The highest BCUT2D eigenvalue weighted by molar-refractivity contribution is 5.94. The lowest BCUT2D eigenvalue weighted by Crippen LogP contribution is -2.48. The SMILES string of the molecule is COc1ccc(C(=O)N[C@@](C)(COc2ccccc2)c2ncc[nH]2)cc1. The van der Waals surface area contributed by atoms with Crippen molar-refractivity contribution in [3.05, 3.63) is 78.4 Å². The predicted octanol–water partition coefficient (Wildman–Crippen LogP) is 3.14. The van der Waals surface area contributed by atoms with Crippen molar-refractivity contribution in [1.82, 2.24) is 15.3 Å². The maximum atomic E-state index is 12.7. The Bertz CT molecular complexity index is 833. The zero-order valence-corrected chi connectivity index (χ0v) is 14.7. The quantitative estimate of drug-likeness (QED) is 0.686. The van der Waals surface area contributed by atoms with E-state index in [1.54, 1.807) is 43.8 Å². The van der Waals surface area contributed by atoms with Crippen LogP contribution in [0.15, 0.2) is 67.0 Å². The Labute approximate surface area is 152 Å². The van der Waals surface area contributed by atoms with E-state index in [1.807, 2.05) is 37.3 Å². The molecule has 0 unspecified atom stereocenters. The molecule has 0 saturated heterocycles. The standard InChI is InChI=1S/C20H21N3O3/c1-20(19-21-12-13-22-19,14-26-17-6-4-3-5-7-17)23-18(24)15-8-10-16(25-2)11-9-15/h3-13H,14H2,1-2H3,(H,21,22)(H,23,24)/t20-/m0/s1. The molecule has 0 aliphatic carbocycles. The maximum absolute atomic E-state index is 12.7. The van der Waals surface area contributed by atoms with Gasteiger partial charge in [-0.05, 0) is 43.3 Å². The first-order valence-electron chi connectivity index (χ1n) is 8.25. The van der Waals surface area contributed by atoms with Crippen LogP contribution in [0, 0.1) is 0 Å². The van der Waals surface area contributed by atoms with Gasteiger partial charge in [-0.1, -0.05) is 18.2 Å². The van der Waals surface area contributed by atoms with Gasteiger partial charge in [0.15, 0.2) is 0 Å². The number of rotatable bonds is 7. The lowest BCUT2D eigenvalue weighted by atomic mass is 10.0. The zero-order chi connectivity index (χ0) is 18.4. The van der Waals surface area contributed by atoms with Gasteiger partial charge in [0.25, 0.3) is 5.91 Å². The number of nitrogens with zero attached hydrogens (tertiary/aromatic N) is 1. The van der Waals surface area contributed by atoms with Gasteiger partial charge < -0.3 is 19.8 Å². The summed E-state index contributed by atoms with van der Waals surface area (Å²) < 4.78 is 11.0. The molecular formula is C20H21N3O3. The number of carbonyl (C=O) groups is 1. The molecule has 0 bridgehead atoms. The van der Waals surface area contributed by atoms with Gasteiger partial charge in [0.1, 0.15) is 29.5 Å². The van der Waals surface area contributed by atoms with Crippen molar-refractivity contribution < 1.29 is 14.3 Å². The molecule has 1 aromatic heterocycles. The number of aromatic amines is 1. The number of hydrogen-bond acceptors (Lipinski definition) is 4. The van der Waals surface area contributed by atoms with E-state index in [2.05, 4.69) is 15.3 Å². The van der Waals surface area contributed by atoms with E-state index in [1.165, 1.54) is 0 Å². The first-order chi connectivity index (χ1) is 12.6. The second-order valence-electron chi connectivity index (χ2n) is 6.05. The molecule has 6 heteroatoms. The number of carbonyl (C=O) groups excluding carboxylic acids is 1. The van der Waals surface area contributed by atoms with E-state index in [9.17, 15) is 4.79 Å². The molecule has 134 valence electrons. The summed E-state index contributed by atoms with van der Waals surface area (Å²) in [5.41, 5.74) is -0.292. The van der Waals surface area contributed by atoms with Gasteiger partial charge in [0, 0.05) is 18.0 Å². The highest BCUT2D eigenvalue weighted by Crippen LogP contribution is 2.21. The average molecular weight is 351 g/mol. The summed E-state index contributed by atoms with van der Waals surface area (Å²) in [6.45, 7) is 2.10. The van der Waals surface area contributed by atoms with E-state index >= 15 is 0 Å². The summed E-state index contributed by atoms with van der Waals surface area (Å²) in [7, 11) is 1.59. The van der Waals surface area contributed by atoms with Gasteiger partial charge in [-0.2, -0.15) is 0 Å².